The van der Waals surface area contributed by atoms with E-state index >= 15 is 0 Å². The second kappa shape index (κ2) is 6.93. The predicted molar refractivity (Wildman–Crippen MR) is 70.5 cm³/mol. The lowest BCUT2D eigenvalue weighted by Gasteiger charge is -2.16. The molecule has 0 bridgehead atoms. The Kier molecular flexibility index (Phi) is 5.55. The fraction of sp³-hybridized carbons (Fsp3) is 0.615. The highest BCUT2D eigenvalue weighted by Gasteiger charge is 2.14. The van der Waals surface area contributed by atoms with Crippen molar-refractivity contribution in [2.24, 2.45) is 5.92 Å². The van der Waals surface area contributed by atoms with Gasteiger partial charge in [0.25, 0.3) is 0 Å². The molecular formula is C13H21N3O2. The first-order valence-corrected chi connectivity index (χ1v) is 6.19. The quantitative estimate of drug-likeness (QED) is 0.787. The van der Waals surface area contributed by atoms with Gasteiger partial charge in [0.1, 0.15) is 17.7 Å². The van der Waals surface area contributed by atoms with Crippen LogP contribution >= 0.6 is 0 Å². The highest BCUT2D eigenvalue weighted by Crippen LogP contribution is 2.15. The van der Waals surface area contributed by atoms with Crippen LogP contribution in [0, 0.1) is 5.92 Å². The van der Waals surface area contributed by atoms with E-state index in [1.54, 1.807) is 0 Å². The van der Waals surface area contributed by atoms with Gasteiger partial charge in [0, 0.05) is 12.2 Å². The maximum atomic E-state index is 11.5. The van der Waals surface area contributed by atoms with Gasteiger partial charge in [-0.05, 0) is 25.7 Å². The fourth-order valence-electron chi connectivity index (χ4n) is 1.59. The van der Waals surface area contributed by atoms with Gasteiger partial charge in [-0.3, -0.25) is 0 Å². The number of nitrogens with one attached hydrogen (secondary N) is 1. The van der Waals surface area contributed by atoms with Gasteiger partial charge in [0.2, 0.25) is 0 Å². The van der Waals surface area contributed by atoms with E-state index in [0.29, 0.717) is 17.3 Å². The van der Waals surface area contributed by atoms with Crippen LogP contribution in [0.5, 0.6) is 0 Å². The number of aromatic nitrogens is 2. The number of esters is 1. The SMILES string of the molecule is COC(=O)c1cncnc1NC(C)CCC(C)C. The normalized spacial score (nSPS) is 12.3. The summed E-state index contributed by atoms with van der Waals surface area (Å²) in [5.74, 6) is 0.780. The van der Waals surface area contributed by atoms with Crippen LogP contribution in [0.1, 0.15) is 44.0 Å². The van der Waals surface area contributed by atoms with Crippen LogP contribution in [0.2, 0.25) is 0 Å². The van der Waals surface area contributed by atoms with E-state index in [4.69, 9.17) is 4.74 Å². The van der Waals surface area contributed by atoms with Crippen LogP contribution in [-0.4, -0.2) is 29.1 Å². The molecule has 0 amide bonds. The molecule has 100 valence electrons. The number of anilines is 1. The average molecular weight is 251 g/mol. The molecule has 1 aromatic rings. The van der Waals surface area contributed by atoms with Crippen molar-refractivity contribution < 1.29 is 9.53 Å². The summed E-state index contributed by atoms with van der Waals surface area (Å²) in [7, 11) is 1.35. The van der Waals surface area contributed by atoms with E-state index < -0.39 is 5.97 Å². The molecule has 0 aliphatic heterocycles. The van der Waals surface area contributed by atoms with Gasteiger partial charge in [-0.15, -0.1) is 0 Å². The largest absolute Gasteiger partial charge is 0.465 e. The Morgan fingerprint density at radius 2 is 2.11 bits per heavy atom. The third-order valence-corrected chi connectivity index (χ3v) is 2.68. The number of hydrogen-bond donors (Lipinski definition) is 1. The molecule has 0 spiro atoms. The minimum Gasteiger partial charge on any atom is -0.465 e. The first-order valence-electron chi connectivity index (χ1n) is 6.19. The van der Waals surface area contributed by atoms with Gasteiger partial charge in [0.05, 0.1) is 7.11 Å². The van der Waals surface area contributed by atoms with E-state index in [1.807, 2.05) is 0 Å². The van der Waals surface area contributed by atoms with Gasteiger partial charge in [-0.2, -0.15) is 0 Å². The van der Waals surface area contributed by atoms with E-state index in [1.165, 1.54) is 19.6 Å². The van der Waals surface area contributed by atoms with Gasteiger partial charge in [0.15, 0.2) is 0 Å². The highest BCUT2D eigenvalue weighted by molar-refractivity contribution is 5.94. The first kappa shape index (κ1) is 14.4. The van der Waals surface area contributed by atoms with Crippen molar-refractivity contribution in [2.75, 3.05) is 12.4 Å². The molecule has 0 saturated heterocycles. The molecule has 5 heteroatoms. The lowest BCUT2D eigenvalue weighted by Crippen LogP contribution is -2.19. The molecule has 1 heterocycles. The number of nitrogens with zero attached hydrogens (tertiary/aromatic N) is 2. The van der Waals surface area contributed by atoms with Crippen molar-refractivity contribution in [3.8, 4) is 0 Å². The third kappa shape index (κ3) is 4.31. The molecule has 18 heavy (non-hydrogen) atoms. The Morgan fingerprint density at radius 1 is 1.39 bits per heavy atom. The summed E-state index contributed by atoms with van der Waals surface area (Å²) >= 11 is 0. The molecule has 0 fully saturated rings. The van der Waals surface area contributed by atoms with Gasteiger partial charge >= 0.3 is 5.97 Å². The van der Waals surface area contributed by atoms with Crippen LogP contribution in [0.25, 0.3) is 0 Å². The van der Waals surface area contributed by atoms with Crippen molar-refractivity contribution in [1.82, 2.24) is 9.97 Å². The highest BCUT2D eigenvalue weighted by atomic mass is 16.5. The molecular weight excluding hydrogens is 230 g/mol. The molecule has 5 nitrogen and oxygen atoms in total. The monoisotopic (exact) mass is 251 g/mol. The van der Waals surface area contributed by atoms with Crippen LogP contribution in [0.15, 0.2) is 12.5 Å². The lowest BCUT2D eigenvalue weighted by molar-refractivity contribution is 0.0601. The molecule has 1 atom stereocenters. The Bertz CT molecular complexity index is 394. The number of carbonyl (C=O) groups excluding carboxylic acids is 1. The standard InChI is InChI=1S/C13H21N3O2/c1-9(2)5-6-10(3)16-12-11(13(17)18-4)7-14-8-15-12/h7-10H,5-6H2,1-4H3,(H,14,15,16). The Balaban J connectivity index is 2.69. The van der Waals surface area contributed by atoms with E-state index in [0.717, 1.165) is 12.8 Å². The van der Waals surface area contributed by atoms with Gasteiger partial charge in [-0.1, -0.05) is 13.8 Å². The smallest absolute Gasteiger partial charge is 0.343 e. The summed E-state index contributed by atoms with van der Waals surface area (Å²) < 4.78 is 4.70. The molecule has 1 aromatic heterocycles. The van der Waals surface area contributed by atoms with Crippen LogP contribution < -0.4 is 5.32 Å². The molecule has 0 aliphatic rings. The van der Waals surface area contributed by atoms with Crippen LogP contribution in [0.3, 0.4) is 0 Å². The van der Waals surface area contributed by atoms with Crippen molar-refractivity contribution in [3.05, 3.63) is 18.1 Å². The van der Waals surface area contributed by atoms with Crippen LogP contribution in [-0.2, 0) is 4.74 Å². The molecule has 1 rings (SSSR count). The molecule has 0 saturated carbocycles. The summed E-state index contributed by atoms with van der Waals surface area (Å²) in [6, 6.07) is 0.255. The maximum absolute atomic E-state index is 11.5. The van der Waals surface area contributed by atoms with Crippen molar-refractivity contribution in [1.29, 1.82) is 0 Å². The van der Waals surface area contributed by atoms with E-state index in [2.05, 4.69) is 36.1 Å². The Morgan fingerprint density at radius 3 is 2.72 bits per heavy atom. The van der Waals surface area contributed by atoms with Gasteiger partial charge < -0.3 is 10.1 Å². The molecule has 0 aromatic carbocycles. The molecule has 0 aliphatic carbocycles. The summed E-state index contributed by atoms with van der Waals surface area (Å²) in [6.07, 6.45) is 5.05. The zero-order valence-corrected chi connectivity index (χ0v) is 11.4. The number of rotatable bonds is 6. The second-order valence-corrected chi connectivity index (χ2v) is 4.79. The van der Waals surface area contributed by atoms with Gasteiger partial charge in [-0.25, -0.2) is 14.8 Å². The summed E-state index contributed by atoms with van der Waals surface area (Å²) in [6.45, 7) is 6.46. The summed E-state index contributed by atoms with van der Waals surface area (Å²) in [5.41, 5.74) is 0.372. The van der Waals surface area contributed by atoms with Crippen molar-refractivity contribution in [2.45, 2.75) is 39.7 Å². The minimum absolute atomic E-state index is 0.255. The number of methoxy groups -OCH3 is 1. The maximum Gasteiger partial charge on any atom is 0.343 e. The first-order chi connectivity index (χ1) is 8.54. The predicted octanol–water partition coefficient (Wildman–Crippen LogP) is 2.50. The number of hydrogen-bond acceptors (Lipinski definition) is 5. The minimum atomic E-state index is -0.422. The van der Waals surface area contributed by atoms with Crippen LogP contribution in [0.4, 0.5) is 5.82 Å². The fourth-order valence-corrected chi connectivity index (χ4v) is 1.59. The van der Waals surface area contributed by atoms with E-state index in [-0.39, 0.29) is 6.04 Å². The molecule has 1 unspecified atom stereocenters. The van der Waals surface area contributed by atoms with Crippen molar-refractivity contribution in [3.63, 3.8) is 0 Å². The zero-order valence-electron chi connectivity index (χ0n) is 11.4. The zero-order chi connectivity index (χ0) is 13.5. The third-order valence-electron chi connectivity index (χ3n) is 2.68. The van der Waals surface area contributed by atoms with E-state index in [9.17, 15) is 4.79 Å². The van der Waals surface area contributed by atoms with Crippen molar-refractivity contribution >= 4 is 11.8 Å². The number of carbonyl (C=O) groups is 1. The average Bonchev–Trinajstić information content (AvgIpc) is 2.36. The molecule has 1 N–H and O–H groups in total. The topological polar surface area (TPSA) is 64.1 Å². The Labute approximate surface area is 108 Å². The second-order valence-electron chi connectivity index (χ2n) is 4.79. The summed E-state index contributed by atoms with van der Waals surface area (Å²) in [5, 5.41) is 3.23. The Hall–Kier alpha value is -1.65. The molecule has 0 radical (unpaired) electrons. The summed E-state index contributed by atoms with van der Waals surface area (Å²) in [4.78, 5) is 19.5. The lowest BCUT2D eigenvalue weighted by atomic mass is 10.0. The number of ether oxygens (including phenoxy) is 1.